The Morgan fingerprint density at radius 2 is 2.04 bits per heavy atom. The number of ether oxygens (including phenoxy) is 1. The van der Waals surface area contributed by atoms with Gasteiger partial charge in [-0.15, -0.1) is 0 Å². The number of hydrogen-bond donors (Lipinski definition) is 0. The lowest BCUT2D eigenvalue weighted by molar-refractivity contribution is -0.00526. The summed E-state index contributed by atoms with van der Waals surface area (Å²) in [7, 11) is 0. The van der Waals surface area contributed by atoms with Crippen molar-refractivity contribution < 1.29 is 14.1 Å². The molecular weight excluding hydrogens is 356 g/mol. The Morgan fingerprint density at radius 1 is 1.27 bits per heavy atom. The van der Waals surface area contributed by atoms with Crippen LogP contribution in [0, 0.1) is 0 Å². The predicted octanol–water partition coefficient (Wildman–Crippen LogP) is 3.36. The molecule has 1 saturated heterocycles. The predicted molar refractivity (Wildman–Crippen MR) is 97.7 cm³/mol. The highest BCUT2D eigenvalue weighted by atomic mass is 35.5. The first-order valence-corrected chi connectivity index (χ1v) is 8.72. The molecular formula is C18H17ClN4O3. The average Bonchev–Trinajstić information content (AvgIpc) is 3.05. The second kappa shape index (κ2) is 6.66. The van der Waals surface area contributed by atoms with Crippen LogP contribution in [0.3, 0.4) is 0 Å². The van der Waals surface area contributed by atoms with E-state index in [0.717, 1.165) is 0 Å². The molecule has 4 rings (SSSR count). The molecule has 1 aliphatic rings. The molecule has 7 nitrogen and oxygen atoms in total. The zero-order chi connectivity index (χ0) is 18.3. The van der Waals surface area contributed by atoms with Gasteiger partial charge in [-0.2, -0.15) is 0 Å². The topological polar surface area (TPSA) is 81.4 Å². The number of rotatable bonds is 3. The number of halogens is 1. The van der Waals surface area contributed by atoms with Crippen molar-refractivity contribution in [3.8, 4) is 11.4 Å². The lowest BCUT2D eigenvalue weighted by Gasteiger charge is -2.37. The van der Waals surface area contributed by atoms with E-state index >= 15 is 0 Å². The van der Waals surface area contributed by atoms with Crippen LogP contribution in [0.15, 0.2) is 28.9 Å². The molecule has 0 N–H and O–H groups in total. The third-order valence-electron chi connectivity index (χ3n) is 4.30. The van der Waals surface area contributed by atoms with E-state index in [1.807, 2.05) is 30.9 Å². The van der Waals surface area contributed by atoms with E-state index in [4.69, 9.17) is 20.9 Å². The smallest absolute Gasteiger partial charge is 0.206 e. The van der Waals surface area contributed by atoms with Crippen LogP contribution in [0.25, 0.3) is 22.5 Å². The van der Waals surface area contributed by atoms with E-state index in [9.17, 15) is 4.79 Å². The van der Waals surface area contributed by atoms with Gasteiger partial charge in [-0.3, -0.25) is 9.78 Å². The van der Waals surface area contributed by atoms with E-state index in [1.165, 1.54) is 0 Å². The number of carbonyl (C=O) groups excluding carboxylic acids is 1. The number of carbonyl (C=O) groups is 1. The van der Waals surface area contributed by atoms with Gasteiger partial charge in [-0.1, -0.05) is 22.8 Å². The summed E-state index contributed by atoms with van der Waals surface area (Å²) in [6.45, 7) is 5.19. The SMILES string of the molecule is CC1CN(c2c(C=O)nc3c(-c4ccccn4)noc3c2Cl)CC(C)O1. The quantitative estimate of drug-likeness (QED) is 0.652. The first kappa shape index (κ1) is 16.9. The van der Waals surface area contributed by atoms with Gasteiger partial charge >= 0.3 is 0 Å². The molecule has 0 aliphatic carbocycles. The molecule has 3 aromatic heterocycles. The molecule has 0 bridgehead atoms. The summed E-state index contributed by atoms with van der Waals surface area (Å²) < 4.78 is 11.2. The molecule has 0 saturated carbocycles. The van der Waals surface area contributed by atoms with Crippen LogP contribution in [0.5, 0.6) is 0 Å². The van der Waals surface area contributed by atoms with Crippen molar-refractivity contribution in [1.82, 2.24) is 15.1 Å². The van der Waals surface area contributed by atoms with Crippen molar-refractivity contribution in [1.29, 1.82) is 0 Å². The first-order valence-electron chi connectivity index (χ1n) is 8.34. The zero-order valence-electron chi connectivity index (χ0n) is 14.3. The molecule has 2 atom stereocenters. The number of aromatic nitrogens is 3. The van der Waals surface area contributed by atoms with Gasteiger partial charge in [0.25, 0.3) is 0 Å². The van der Waals surface area contributed by atoms with Gasteiger partial charge in [-0.05, 0) is 26.0 Å². The molecule has 4 heterocycles. The number of morpholine rings is 1. The monoisotopic (exact) mass is 372 g/mol. The number of nitrogens with zero attached hydrogens (tertiary/aromatic N) is 4. The van der Waals surface area contributed by atoms with Crippen LogP contribution in [-0.4, -0.2) is 46.7 Å². The summed E-state index contributed by atoms with van der Waals surface area (Å²) in [5.41, 5.74) is 2.64. The highest BCUT2D eigenvalue weighted by Gasteiger charge is 2.29. The van der Waals surface area contributed by atoms with Crippen molar-refractivity contribution in [2.24, 2.45) is 0 Å². The molecule has 1 fully saturated rings. The fraction of sp³-hybridized carbons (Fsp3) is 0.333. The molecule has 8 heteroatoms. The second-order valence-corrected chi connectivity index (χ2v) is 6.74. The van der Waals surface area contributed by atoms with Crippen LogP contribution in [-0.2, 0) is 4.74 Å². The molecule has 0 radical (unpaired) electrons. The van der Waals surface area contributed by atoms with Crippen LogP contribution < -0.4 is 4.90 Å². The summed E-state index contributed by atoms with van der Waals surface area (Å²) in [6, 6.07) is 5.45. The maximum Gasteiger partial charge on any atom is 0.206 e. The van der Waals surface area contributed by atoms with Gasteiger partial charge in [0.05, 0.1) is 23.6 Å². The van der Waals surface area contributed by atoms with Crippen LogP contribution in [0.2, 0.25) is 5.02 Å². The van der Waals surface area contributed by atoms with Gasteiger partial charge < -0.3 is 14.2 Å². The normalized spacial score (nSPS) is 20.5. The van der Waals surface area contributed by atoms with Crippen LogP contribution in [0.1, 0.15) is 24.3 Å². The number of aldehydes is 1. The second-order valence-electron chi connectivity index (χ2n) is 6.36. The Bertz CT molecular complexity index is 950. The molecule has 3 aromatic rings. The van der Waals surface area contributed by atoms with Gasteiger partial charge in [0.2, 0.25) is 5.58 Å². The fourth-order valence-electron chi connectivity index (χ4n) is 3.34. The standard InChI is InChI=1S/C18H17ClN4O3/c1-10-7-23(8-11(2)25-10)17-13(9-24)21-16-15(12-5-3-4-6-20-12)22-26-18(16)14(17)19/h3-6,9-11H,7-8H2,1-2H3. The minimum absolute atomic E-state index is 0.0174. The number of anilines is 1. The minimum Gasteiger partial charge on any atom is -0.372 e. The Morgan fingerprint density at radius 3 is 2.69 bits per heavy atom. The first-order chi connectivity index (χ1) is 12.6. The van der Waals surface area contributed by atoms with E-state index in [-0.39, 0.29) is 17.9 Å². The average molecular weight is 373 g/mol. The molecule has 1 aliphatic heterocycles. The number of pyridine rings is 2. The largest absolute Gasteiger partial charge is 0.372 e. The third kappa shape index (κ3) is 2.83. The van der Waals surface area contributed by atoms with E-state index in [2.05, 4.69) is 15.1 Å². The Hall–Kier alpha value is -2.51. The lowest BCUT2D eigenvalue weighted by atomic mass is 10.1. The molecule has 0 amide bonds. The summed E-state index contributed by atoms with van der Waals surface area (Å²) >= 11 is 6.62. The molecule has 0 spiro atoms. The maximum absolute atomic E-state index is 11.8. The number of hydrogen-bond acceptors (Lipinski definition) is 7. The molecule has 2 unspecified atom stereocenters. The summed E-state index contributed by atoms with van der Waals surface area (Å²) in [5.74, 6) is 0. The molecule has 134 valence electrons. The Balaban J connectivity index is 1.88. The van der Waals surface area contributed by atoms with E-state index in [1.54, 1.807) is 12.3 Å². The molecule has 26 heavy (non-hydrogen) atoms. The summed E-state index contributed by atoms with van der Waals surface area (Å²) in [4.78, 5) is 22.5. The molecule has 0 aromatic carbocycles. The number of fused-ring (bicyclic) bond motifs is 1. The van der Waals surface area contributed by atoms with Crippen molar-refractivity contribution in [3.63, 3.8) is 0 Å². The van der Waals surface area contributed by atoms with Crippen molar-refractivity contribution in [2.45, 2.75) is 26.1 Å². The van der Waals surface area contributed by atoms with Crippen molar-refractivity contribution in [2.75, 3.05) is 18.0 Å². The maximum atomic E-state index is 11.8. The van der Waals surface area contributed by atoms with E-state index < -0.39 is 0 Å². The summed E-state index contributed by atoms with van der Waals surface area (Å²) in [6.07, 6.45) is 2.40. The van der Waals surface area contributed by atoms with Gasteiger partial charge in [0.1, 0.15) is 16.2 Å². The summed E-state index contributed by atoms with van der Waals surface area (Å²) in [5, 5.41) is 4.40. The highest BCUT2D eigenvalue weighted by molar-refractivity contribution is 6.38. The zero-order valence-corrected chi connectivity index (χ0v) is 15.1. The highest BCUT2D eigenvalue weighted by Crippen LogP contribution is 2.38. The third-order valence-corrected chi connectivity index (χ3v) is 4.66. The van der Waals surface area contributed by atoms with Crippen molar-refractivity contribution in [3.05, 3.63) is 35.1 Å². The van der Waals surface area contributed by atoms with Crippen LogP contribution >= 0.6 is 11.6 Å². The van der Waals surface area contributed by atoms with Gasteiger partial charge in [-0.25, -0.2) is 4.98 Å². The van der Waals surface area contributed by atoms with Crippen molar-refractivity contribution >= 4 is 34.7 Å². The van der Waals surface area contributed by atoms with E-state index in [0.29, 0.717) is 52.6 Å². The minimum atomic E-state index is 0.0174. The Kier molecular flexibility index (Phi) is 4.34. The fourth-order valence-corrected chi connectivity index (χ4v) is 3.68. The lowest BCUT2D eigenvalue weighted by Crippen LogP contribution is -2.46. The Labute approximate surface area is 154 Å². The van der Waals surface area contributed by atoms with Gasteiger partial charge in [0.15, 0.2) is 12.0 Å². The van der Waals surface area contributed by atoms with Gasteiger partial charge in [0, 0.05) is 19.3 Å². The van der Waals surface area contributed by atoms with Crippen LogP contribution in [0.4, 0.5) is 5.69 Å².